The van der Waals surface area contributed by atoms with Crippen LogP contribution in [0.3, 0.4) is 0 Å². The molecule has 1 rings (SSSR count). The summed E-state index contributed by atoms with van der Waals surface area (Å²) in [7, 11) is 0. The predicted molar refractivity (Wildman–Crippen MR) is 61.3 cm³/mol. The standard InChI is InChI=1S/C13H15NO2/c1-3-13(15)11-4-6-12(7-5-11)16-9-10(2)8-14/h4-7,10H,3,9H2,1-2H3. The first-order valence-electron chi connectivity index (χ1n) is 5.33. The average molecular weight is 217 g/mol. The molecule has 84 valence electrons. The van der Waals surface area contributed by atoms with Crippen LogP contribution in [-0.2, 0) is 0 Å². The van der Waals surface area contributed by atoms with E-state index in [0.29, 0.717) is 24.3 Å². The number of rotatable bonds is 5. The molecule has 0 aliphatic rings. The van der Waals surface area contributed by atoms with Crippen LogP contribution in [0.1, 0.15) is 30.6 Å². The van der Waals surface area contributed by atoms with Gasteiger partial charge in [0.25, 0.3) is 0 Å². The van der Waals surface area contributed by atoms with Crippen molar-refractivity contribution in [3.8, 4) is 11.8 Å². The van der Waals surface area contributed by atoms with E-state index >= 15 is 0 Å². The lowest BCUT2D eigenvalue weighted by molar-refractivity contribution is 0.0988. The summed E-state index contributed by atoms with van der Waals surface area (Å²) in [6, 6.07) is 9.11. The molecule has 0 saturated heterocycles. The van der Waals surface area contributed by atoms with Crippen molar-refractivity contribution in [3.63, 3.8) is 0 Å². The molecule has 0 radical (unpaired) electrons. The highest BCUT2D eigenvalue weighted by molar-refractivity contribution is 5.95. The number of nitriles is 1. The molecule has 1 aromatic carbocycles. The second-order valence-corrected chi connectivity index (χ2v) is 3.64. The number of carbonyl (C=O) groups is 1. The Labute approximate surface area is 95.7 Å². The second kappa shape index (κ2) is 5.92. The average Bonchev–Trinajstić information content (AvgIpc) is 2.35. The zero-order chi connectivity index (χ0) is 12.0. The Kier molecular flexibility index (Phi) is 4.53. The number of benzene rings is 1. The van der Waals surface area contributed by atoms with Crippen molar-refractivity contribution in [2.75, 3.05) is 6.61 Å². The molecule has 0 aromatic heterocycles. The summed E-state index contributed by atoms with van der Waals surface area (Å²) in [5.41, 5.74) is 0.697. The first-order chi connectivity index (χ1) is 7.67. The van der Waals surface area contributed by atoms with Crippen molar-refractivity contribution in [1.29, 1.82) is 5.26 Å². The van der Waals surface area contributed by atoms with Gasteiger partial charge in [0, 0.05) is 12.0 Å². The molecule has 1 aromatic rings. The molecule has 3 nitrogen and oxygen atoms in total. The van der Waals surface area contributed by atoms with Crippen molar-refractivity contribution < 1.29 is 9.53 Å². The van der Waals surface area contributed by atoms with E-state index in [1.54, 1.807) is 31.2 Å². The normalized spacial score (nSPS) is 11.6. The topological polar surface area (TPSA) is 50.1 Å². The molecule has 0 saturated carbocycles. The summed E-state index contributed by atoms with van der Waals surface area (Å²) in [6.45, 7) is 4.01. The number of carbonyl (C=O) groups excluding carboxylic acids is 1. The first-order valence-corrected chi connectivity index (χ1v) is 5.33. The molecule has 0 aliphatic heterocycles. The van der Waals surface area contributed by atoms with Crippen LogP contribution in [0.4, 0.5) is 0 Å². The van der Waals surface area contributed by atoms with Crippen LogP contribution < -0.4 is 4.74 Å². The van der Waals surface area contributed by atoms with Gasteiger partial charge in [-0.2, -0.15) is 5.26 Å². The maximum atomic E-state index is 11.4. The Hall–Kier alpha value is -1.82. The third-order valence-electron chi connectivity index (χ3n) is 2.22. The quantitative estimate of drug-likeness (QED) is 0.712. The lowest BCUT2D eigenvalue weighted by Crippen LogP contribution is -2.06. The summed E-state index contributed by atoms with van der Waals surface area (Å²) in [6.07, 6.45) is 0.506. The van der Waals surface area contributed by atoms with Crippen molar-refractivity contribution in [2.45, 2.75) is 20.3 Å². The molecule has 16 heavy (non-hydrogen) atoms. The summed E-state index contributed by atoms with van der Waals surface area (Å²) >= 11 is 0. The lowest BCUT2D eigenvalue weighted by atomic mass is 10.1. The molecular formula is C13H15NO2. The number of ketones is 1. The van der Waals surface area contributed by atoms with Crippen LogP contribution in [0.5, 0.6) is 5.75 Å². The van der Waals surface area contributed by atoms with Gasteiger partial charge in [0.1, 0.15) is 12.4 Å². The Morgan fingerprint density at radius 3 is 2.56 bits per heavy atom. The summed E-state index contributed by atoms with van der Waals surface area (Å²) in [4.78, 5) is 11.4. The van der Waals surface area contributed by atoms with Gasteiger partial charge < -0.3 is 4.74 Å². The Bertz CT molecular complexity index is 389. The molecule has 0 amide bonds. The van der Waals surface area contributed by atoms with E-state index in [9.17, 15) is 4.79 Å². The molecule has 3 heteroatoms. The third kappa shape index (κ3) is 3.39. The van der Waals surface area contributed by atoms with E-state index in [2.05, 4.69) is 6.07 Å². The van der Waals surface area contributed by atoms with E-state index in [1.807, 2.05) is 6.92 Å². The molecule has 1 unspecified atom stereocenters. The molecule has 0 bridgehead atoms. The highest BCUT2D eigenvalue weighted by atomic mass is 16.5. The molecule has 0 spiro atoms. The van der Waals surface area contributed by atoms with Gasteiger partial charge >= 0.3 is 0 Å². The van der Waals surface area contributed by atoms with Gasteiger partial charge in [-0.25, -0.2) is 0 Å². The molecule has 0 aliphatic carbocycles. The van der Waals surface area contributed by atoms with Crippen LogP contribution >= 0.6 is 0 Å². The fourth-order valence-electron chi connectivity index (χ4n) is 1.20. The van der Waals surface area contributed by atoms with Gasteiger partial charge in [0.2, 0.25) is 0 Å². The van der Waals surface area contributed by atoms with Crippen molar-refractivity contribution in [1.82, 2.24) is 0 Å². The highest BCUT2D eigenvalue weighted by Gasteiger charge is 2.04. The summed E-state index contributed by atoms with van der Waals surface area (Å²) in [5.74, 6) is 0.684. The highest BCUT2D eigenvalue weighted by Crippen LogP contribution is 2.14. The number of nitrogens with zero attached hydrogens (tertiary/aromatic N) is 1. The van der Waals surface area contributed by atoms with E-state index < -0.39 is 0 Å². The van der Waals surface area contributed by atoms with E-state index in [-0.39, 0.29) is 11.7 Å². The van der Waals surface area contributed by atoms with Gasteiger partial charge in [-0.15, -0.1) is 0 Å². The Morgan fingerprint density at radius 2 is 2.06 bits per heavy atom. The van der Waals surface area contributed by atoms with Gasteiger partial charge in [-0.05, 0) is 31.2 Å². The number of hydrogen-bond acceptors (Lipinski definition) is 3. The fourth-order valence-corrected chi connectivity index (χ4v) is 1.20. The van der Waals surface area contributed by atoms with Crippen molar-refractivity contribution >= 4 is 5.78 Å². The van der Waals surface area contributed by atoms with E-state index in [4.69, 9.17) is 10.00 Å². The van der Waals surface area contributed by atoms with Crippen LogP contribution in [0.2, 0.25) is 0 Å². The second-order valence-electron chi connectivity index (χ2n) is 3.64. The van der Waals surface area contributed by atoms with Crippen LogP contribution in [0.15, 0.2) is 24.3 Å². The third-order valence-corrected chi connectivity index (χ3v) is 2.22. The van der Waals surface area contributed by atoms with Crippen molar-refractivity contribution in [2.24, 2.45) is 5.92 Å². The van der Waals surface area contributed by atoms with E-state index in [1.165, 1.54) is 0 Å². The molecule has 1 atom stereocenters. The minimum Gasteiger partial charge on any atom is -0.492 e. The van der Waals surface area contributed by atoms with Crippen molar-refractivity contribution in [3.05, 3.63) is 29.8 Å². The molecule has 0 heterocycles. The van der Waals surface area contributed by atoms with Gasteiger partial charge in [0.05, 0.1) is 12.0 Å². The maximum Gasteiger partial charge on any atom is 0.162 e. The minimum absolute atomic E-state index is 0.122. The molecule has 0 fully saturated rings. The van der Waals surface area contributed by atoms with Gasteiger partial charge in [-0.3, -0.25) is 4.79 Å². The van der Waals surface area contributed by atoms with E-state index in [0.717, 1.165) is 0 Å². The molecule has 0 N–H and O–H groups in total. The van der Waals surface area contributed by atoms with Crippen LogP contribution in [-0.4, -0.2) is 12.4 Å². The number of hydrogen-bond donors (Lipinski definition) is 0. The summed E-state index contributed by atoms with van der Waals surface area (Å²) < 4.78 is 5.39. The largest absolute Gasteiger partial charge is 0.492 e. The number of Topliss-reactive ketones (excluding diaryl/α,β-unsaturated/α-hetero) is 1. The Morgan fingerprint density at radius 1 is 1.44 bits per heavy atom. The smallest absolute Gasteiger partial charge is 0.162 e. The number of ether oxygens (including phenoxy) is 1. The zero-order valence-corrected chi connectivity index (χ0v) is 9.56. The summed E-state index contributed by atoms with van der Waals surface area (Å²) in [5, 5.41) is 8.59. The van der Waals surface area contributed by atoms with Crippen LogP contribution in [0.25, 0.3) is 0 Å². The Balaban J connectivity index is 2.59. The zero-order valence-electron chi connectivity index (χ0n) is 9.56. The predicted octanol–water partition coefficient (Wildman–Crippen LogP) is 2.82. The van der Waals surface area contributed by atoms with Gasteiger partial charge in [-0.1, -0.05) is 6.92 Å². The maximum absolute atomic E-state index is 11.4. The van der Waals surface area contributed by atoms with Gasteiger partial charge in [0.15, 0.2) is 5.78 Å². The monoisotopic (exact) mass is 217 g/mol. The lowest BCUT2D eigenvalue weighted by Gasteiger charge is -2.07. The molecular weight excluding hydrogens is 202 g/mol. The SMILES string of the molecule is CCC(=O)c1ccc(OCC(C)C#N)cc1. The van der Waals surface area contributed by atoms with Crippen LogP contribution in [0, 0.1) is 17.2 Å². The fraction of sp³-hybridized carbons (Fsp3) is 0.385. The minimum atomic E-state index is -0.128. The first kappa shape index (κ1) is 12.3.